The molecule has 0 bridgehead atoms. The van der Waals surface area contributed by atoms with Crippen molar-refractivity contribution in [3.05, 3.63) is 30.3 Å². The van der Waals surface area contributed by atoms with E-state index in [1.54, 1.807) is 11.8 Å². The van der Waals surface area contributed by atoms with Crippen molar-refractivity contribution < 1.29 is 15.3 Å². The van der Waals surface area contributed by atoms with Crippen molar-refractivity contribution in [2.24, 2.45) is 0 Å². The second kappa shape index (κ2) is 7.08. The molecule has 0 aliphatic carbocycles. The van der Waals surface area contributed by atoms with Crippen molar-refractivity contribution in [1.82, 2.24) is 0 Å². The van der Waals surface area contributed by atoms with E-state index in [0.717, 1.165) is 11.8 Å². The predicted molar refractivity (Wildman–Crippen MR) is 69.0 cm³/mol. The highest BCUT2D eigenvalue weighted by Gasteiger charge is 2.30. The number of aliphatic hydroxyl groups excluding tert-OH is 3. The molecular formula is C11H18O3SSi. The van der Waals surface area contributed by atoms with Crippen LogP contribution in [0.2, 0.25) is 6.04 Å². The van der Waals surface area contributed by atoms with Gasteiger partial charge in [0.2, 0.25) is 0 Å². The summed E-state index contributed by atoms with van der Waals surface area (Å²) in [5, 5.41) is 27.6. The average molecular weight is 258 g/mol. The average Bonchev–Trinajstić information content (AvgIpc) is 2.37. The summed E-state index contributed by atoms with van der Waals surface area (Å²) in [6.07, 6.45) is -0.139. The molecule has 0 atom stereocenters. The van der Waals surface area contributed by atoms with Gasteiger partial charge < -0.3 is 15.3 Å². The van der Waals surface area contributed by atoms with Gasteiger partial charge in [0.1, 0.15) is 8.07 Å². The summed E-state index contributed by atoms with van der Waals surface area (Å²) < 4.78 is 0. The smallest absolute Gasteiger partial charge is 0.140 e. The molecule has 0 heterocycles. The van der Waals surface area contributed by atoms with Crippen molar-refractivity contribution >= 4 is 19.8 Å². The van der Waals surface area contributed by atoms with Crippen LogP contribution in [0.3, 0.4) is 0 Å². The predicted octanol–water partition coefficient (Wildman–Crippen LogP) is 0.822. The number of benzene rings is 1. The standard InChI is InChI=1S/C11H18O3SSi/c12-8-16(9-13,10-14)7-6-15-11-4-2-1-3-5-11/h1-5,12-14H,6-10H2. The van der Waals surface area contributed by atoms with Crippen LogP contribution in [-0.4, -0.2) is 47.8 Å². The molecule has 1 aromatic carbocycles. The van der Waals surface area contributed by atoms with Gasteiger partial charge in [0, 0.05) is 23.6 Å². The topological polar surface area (TPSA) is 60.7 Å². The summed E-state index contributed by atoms with van der Waals surface area (Å²) in [5.74, 6) is 0.831. The first kappa shape index (κ1) is 13.7. The fraction of sp³-hybridized carbons (Fsp3) is 0.455. The number of thioether (sulfide) groups is 1. The molecule has 0 saturated carbocycles. The normalized spacial score (nSPS) is 11.7. The van der Waals surface area contributed by atoms with Crippen LogP contribution in [0.5, 0.6) is 0 Å². The van der Waals surface area contributed by atoms with Gasteiger partial charge in [0.25, 0.3) is 0 Å². The van der Waals surface area contributed by atoms with E-state index in [1.165, 1.54) is 4.90 Å². The molecule has 3 N–H and O–H groups in total. The third-order valence-electron chi connectivity index (χ3n) is 2.65. The second-order valence-corrected chi connectivity index (χ2v) is 9.50. The Morgan fingerprint density at radius 1 is 0.938 bits per heavy atom. The van der Waals surface area contributed by atoms with E-state index in [0.29, 0.717) is 0 Å². The summed E-state index contributed by atoms with van der Waals surface area (Å²) >= 11 is 1.69. The lowest BCUT2D eigenvalue weighted by Gasteiger charge is -2.24. The first-order valence-electron chi connectivity index (χ1n) is 5.27. The monoisotopic (exact) mass is 258 g/mol. The van der Waals surface area contributed by atoms with Crippen LogP contribution in [0.25, 0.3) is 0 Å². The van der Waals surface area contributed by atoms with E-state index in [9.17, 15) is 15.3 Å². The van der Waals surface area contributed by atoms with Gasteiger partial charge in [-0.1, -0.05) is 18.2 Å². The lowest BCUT2D eigenvalue weighted by atomic mass is 10.4. The van der Waals surface area contributed by atoms with E-state index in [-0.39, 0.29) is 18.7 Å². The zero-order chi connectivity index (χ0) is 11.9. The minimum atomic E-state index is -2.23. The highest BCUT2D eigenvalue weighted by molar-refractivity contribution is 7.99. The van der Waals surface area contributed by atoms with Crippen LogP contribution in [0.1, 0.15) is 0 Å². The molecule has 16 heavy (non-hydrogen) atoms. The third kappa shape index (κ3) is 3.91. The van der Waals surface area contributed by atoms with E-state index < -0.39 is 8.07 Å². The van der Waals surface area contributed by atoms with Crippen molar-refractivity contribution in [2.45, 2.75) is 10.9 Å². The van der Waals surface area contributed by atoms with Crippen molar-refractivity contribution in [3.8, 4) is 0 Å². The van der Waals surface area contributed by atoms with Crippen LogP contribution in [-0.2, 0) is 0 Å². The molecular weight excluding hydrogens is 240 g/mol. The Bertz CT molecular complexity index is 282. The van der Waals surface area contributed by atoms with Gasteiger partial charge in [-0.15, -0.1) is 11.8 Å². The van der Waals surface area contributed by atoms with Crippen molar-refractivity contribution in [2.75, 3.05) is 24.4 Å². The van der Waals surface area contributed by atoms with Gasteiger partial charge in [-0.25, -0.2) is 0 Å². The Hall–Kier alpha value is -0.333. The summed E-state index contributed by atoms with van der Waals surface area (Å²) in [5.41, 5.74) is 0. The Balaban J connectivity index is 2.39. The van der Waals surface area contributed by atoms with E-state index in [1.807, 2.05) is 30.3 Å². The lowest BCUT2D eigenvalue weighted by molar-refractivity contribution is 0.287. The Morgan fingerprint density at radius 3 is 2.00 bits per heavy atom. The van der Waals surface area contributed by atoms with Crippen LogP contribution < -0.4 is 0 Å². The molecule has 0 aliphatic heterocycles. The van der Waals surface area contributed by atoms with Crippen LogP contribution >= 0.6 is 11.8 Å². The molecule has 0 spiro atoms. The summed E-state index contributed by atoms with van der Waals surface area (Å²) in [6.45, 7) is 0. The molecule has 3 nitrogen and oxygen atoms in total. The number of rotatable bonds is 7. The van der Waals surface area contributed by atoms with Crippen LogP contribution in [0, 0.1) is 0 Å². The molecule has 0 aromatic heterocycles. The van der Waals surface area contributed by atoms with E-state index in [2.05, 4.69) is 0 Å². The Labute approximate surface area is 101 Å². The zero-order valence-corrected chi connectivity index (χ0v) is 11.0. The van der Waals surface area contributed by atoms with Gasteiger partial charge in [0.05, 0.1) is 0 Å². The molecule has 1 aromatic rings. The second-order valence-electron chi connectivity index (χ2n) is 3.89. The van der Waals surface area contributed by atoms with Gasteiger partial charge in [0.15, 0.2) is 0 Å². The van der Waals surface area contributed by atoms with E-state index in [4.69, 9.17) is 0 Å². The quantitative estimate of drug-likeness (QED) is 0.501. The maximum Gasteiger partial charge on any atom is 0.140 e. The molecule has 5 heteroatoms. The van der Waals surface area contributed by atoms with Crippen LogP contribution in [0.4, 0.5) is 0 Å². The highest BCUT2D eigenvalue weighted by Crippen LogP contribution is 2.21. The minimum absolute atomic E-state index is 0.0463. The van der Waals surface area contributed by atoms with E-state index >= 15 is 0 Å². The summed E-state index contributed by atoms with van der Waals surface area (Å²) in [4.78, 5) is 1.18. The van der Waals surface area contributed by atoms with Gasteiger partial charge in [-0.2, -0.15) is 0 Å². The first-order chi connectivity index (χ1) is 7.76. The van der Waals surface area contributed by atoms with Gasteiger partial charge >= 0.3 is 0 Å². The zero-order valence-electron chi connectivity index (χ0n) is 9.17. The minimum Gasteiger partial charge on any atom is -0.399 e. The fourth-order valence-corrected chi connectivity index (χ4v) is 4.79. The Morgan fingerprint density at radius 2 is 1.50 bits per heavy atom. The van der Waals surface area contributed by atoms with Crippen molar-refractivity contribution in [3.63, 3.8) is 0 Å². The van der Waals surface area contributed by atoms with Crippen LogP contribution in [0.15, 0.2) is 35.2 Å². The molecule has 0 unspecified atom stereocenters. The highest BCUT2D eigenvalue weighted by atomic mass is 32.2. The molecule has 0 aliphatic rings. The number of hydrogen-bond donors (Lipinski definition) is 3. The maximum atomic E-state index is 9.21. The lowest BCUT2D eigenvalue weighted by Crippen LogP contribution is -2.48. The molecule has 0 saturated heterocycles. The van der Waals surface area contributed by atoms with Gasteiger partial charge in [-0.3, -0.25) is 0 Å². The molecule has 0 amide bonds. The molecule has 0 fully saturated rings. The van der Waals surface area contributed by atoms with Crippen molar-refractivity contribution in [1.29, 1.82) is 0 Å². The SMILES string of the molecule is OC[Si](CO)(CO)CCSc1ccccc1. The fourth-order valence-electron chi connectivity index (χ4n) is 1.29. The third-order valence-corrected chi connectivity index (χ3v) is 7.35. The Kier molecular flexibility index (Phi) is 6.08. The molecule has 1 rings (SSSR count). The number of aliphatic hydroxyl groups is 3. The molecule has 0 radical (unpaired) electrons. The van der Waals surface area contributed by atoms with Gasteiger partial charge in [-0.05, 0) is 23.9 Å². The number of hydrogen-bond acceptors (Lipinski definition) is 4. The largest absolute Gasteiger partial charge is 0.399 e. The first-order valence-corrected chi connectivity index (χ1v) is 9.08. The molecule has 90 valence electrons. The maximum absolute atomic E-state index is 9.21. The summed E-state index contributed by atoms with van der Waals surface area (Å²) in [6, 6.07) is 10.7. The summed E-state index contributed by atoms with van der Waals surface area (Å²) in [7, 11) is -2.23.